The first-order chi connectivity index (χ1) is 9.63. The van der Waals surface area contributed by atoms with Crippen LogP contribution in [0.4, 0.5) is 5.69 Å². The van der Waals surface area contributed by atoms with Gasteiger partial charge in [0.1, 0.15) is 4.21 Å². The van der Waals surface area contributed by atoms with Crippen molar-refractivity contribution in [2.75, 3.05) is 17.9 Å². The number of hydrogen-bond acceptors (Lipinski definition) is 4. The highest BCUT2D eigenvalue weighted by Crippen LogP contribution is 2.34. The maximum atomic E-state index is 12.7. The van der Waals surface area contributed by atoms with Crippen LogP contribution in [0.25, 0.3) is 0 Å². The summed E-state index contributed by atoms with van der Waals surface area (Å²) in [4.78, 5) is 1.03. The lowest BCUT2D eigenvalue weighted by Crippen LogP contribution is -2.28. The molecule has 2 aromatic rings. The molecule has 0 spiro atoms. The molecule has 0 amide bonds. The number of sulfonamides is 1. The van der Waals surface area contributed by atoms with Gasteiger partial charge in [-0.05, 0) is 37.2 Å². The largest absolute Gasteiger partial charge is 0.315 e. The molecular formula is C14H16N2O2S2. The summed E-state index contributed by atoms with van der Waals surface area (Å²) in [5.41, 5.74) is 1.92. The number of para-hydroxylation sites is 1. The molecule has 1 N–H and O–H groups in total. The molecule has 1 aromatic carbocycles. The van der Waals surface area contributed by atoms with Crippen molar-refractivity contribution in [1.82, 2.24) is 5.32 Å². The minimum Gasteiger partial charge on any atom is -0.315 e. The van der Waals surface area contributed by atoms with E-state index < -0.39 is 10.0 Å². The highest BCUT2D eigenvalue weighted by molar-refractivity contribution is 7.94. The summed E-state index contributed by atoms with van der Waals surface area (Å²) >= 11 is 1.33. The molecule has 4 nitrogen and oxygen atoms in total. The third-order valence-corrected chi connectivity index (χ3v) is 6.74. The van der Waals surface area contributed by atoms with Gasteiger partial charge in [0.2, 0.25) is 0 Å². The van der Waals surface area contributed by atoms with Gasteiger partial charge in [0.25, 0.3) is 10.0 Å². The lowest BCUT2D eigenvalue weighted by Gasteiger charge is -2.18. The zero-order chi connectivity index (χ0) is 14.2. The predicted molar refractivity (Wildman–Crippen MR) is 81.8 cm³/mol. The van der Waals surface area contributed by atoms with E-state index in [0.29, 0.717) is 17.3 Å². The number of nitrogens with zero attached hydrogens (tertiary/aromatic N) is 1. The van der Waals surface area contributed by atoms with E-state index in [4.69, 9.17) is 0 Å². The molecule has 0 bridgehead atoms. The van der Waals surface area contributed by atoms with Crippen LogP contribution in [-0.4, -0.2) is 22.0 Å². The minimum atomic E-state index is -3.43. The van der Waals surface area contributed by atoms with Crippen LogP contribution in [-0.2, 0) is 23.0 Å². The second-order valence-electron chi connectivity index (χ2n) is 4.71. The lowest BCUT2D eigenvalue weighted by molar-refractivity contribution is 0.594. The lowest BCUT2D eigenvalue weighted by atomic mass is 10.2. The van der Waals surface area contributed by atoms with E-state index in [1.165, 1.54) is 15.6 Å². The maximum Gasteiger partial charge on any atom is 0.273 e. The second kappa shape index (κ2) is 5.20. The van der Waals surface area contributed by atoms with Crippen LogP contribution < -0.4 is 9.62 Å². The third kappa shape index (κ3) is 2.24. The highest BCUT2D eigenvalue weighted by atomic mass is 32.2. The Balaban J connectivity index is 1.96. The SMILES string of the molecule is CNCc1ccc(S(=O)(=O)N2CCc3ccccc32)s1. The molecule has 2 heterocycles. The molecule has 0 saturated carbocycles. The molecule has 0 fully saturated rings. The summed E-state index contributed by atoms with van der Waals surface area (Å²) in [5, 5.41) is 3.04. The fraction of sp³-hybridized carbons (Fsp3) is 0.286. The number of nitrogens with one attached hydrogen (secondary N) is 1. The van der Waals surface area contributed by atoms with Gasteiger partial charge in [0, 0.05) is 18.0 Å². The summed E-state index contributed by atoms with van der Waals surface area (Å²) < 4.78 is 27.4. The van der Waals surface area contributed by atoms with Crippen molar-refractivity contribution in [2.45, 2.75) is 17.2 Å². The number of fused-ring (bicyclic) bond motifs is 1. The van der Waals surface area contributed by atoms with Crippen molar-refractivity contribution in [3.8, 4) is 0 Å². The van der Waals surface area contributed by atoms with Crippen LogP contribution >= 0.6 is 11.3 Å². The second-order valence-corrected chi connectivity index (χ2v) is 7.96. The van der Waals surface area contributed by atoms with Crippen LogP contribution in [0.5, 0.6) is 0 Å². The van der Waals surface area contributed by atoms with Crippen LogP contribution in [0.3, 0.4) is 0 Å². The summed E-state index contributed by atoms with van der Waals surface area (Å²) in [7, 11) is -1.57. The number of hydrogen-bond donors (Lipinski definition) is 1. The number of thiophene rings is 1. The van der Waals surface area contributed by atoms with Gasteiger partial charge in [-0.25, -0.2) is 8.42 Å². The zero-order valence-electron chi connectivity index (χ0n) is 11.2. The van der Waals surface area contributed by atoms with Gasteiger partial charge < -0.3 is 5.32 Å². The number of benzene rings is 1. The molecule has 1 aliphatic heterocycles. The Morgan fingerprint density at radius 2 is 2.05 bits per heavy atom. The first kappa shape index (κ1) is 13.6. The van der Waals surface area contributed by atoms with E-state index in [-0.39, 0.29) is 0 Å². The predicted octanol–water partition coefficient (Wildman–Crippen LogP) is 2.22. The van der Waals surface area contributed by atoms with Crippen molar-refractivity contribution in [3.63, 3.8) is 0 Å². The van der Waals surface area contributed by atoms with Gasteiger partial charge in [-0.3, -0.25) is 4.31 Å². The Morgan fingerprint density at radius 1 is 1.25 bits per heavy atom. The number of rotatable bonds is 4. The van der Waals surface area contributed by atoms with E-state index in [0.717, 1.165) is 22.5 Å². The van der Waals surface area contributed by atoms with Gasteiger partial charge in [0.05, 0.1) is 5.69 Å². The molecule has 1 aliphatic rings. The van der Waals surface area contributed by atoms with E-state index in [1.807, 2.05) is 37.4 Å². The molecule has 20 heavy (non-hydrogen) atoms. The average molecular weight is 308 g/mol. The van der Waals surface area contributed by atoms with Gasteiger partial charge in [0.15, 0.2) is 0 Å². The monoisotopic (exact) mass is 308 g/mol. The highest BCUT2D eigenvalue weighted by Gasteiger charge is 2.31. The first-order valence-corrected chi connectivity index (χ1v) is 8.72. The molecule has 0 atom stereocenters. The van der Waals surface area contributed by atoms with Crippen molar-refractivity contribution >= 4 is 27.0 Å². The zero-order valence-corrected chi connectivity index (χ0v) is 12.8. The summed E-state index contributed by atoms with van der Waals surface area (Å²) in [5.74, 6) is 0. The topological polar surface area (TPSA) is 49.4 Å². The fourth-order valence-electron chi connectivity index (χ4n) is 2.43. The summed E-state index contributed by atoms with van der Waals surface area (Å²) in [6, 6.07) is 11.3. The molecule has 1 aromatic heterocycles. The van der Waals surface area contributed by atoms with E-state index in [1.54, 1.807) is 6.07 Å². The molecule has 0 aliphatic carbocycles. The van der Waals surface area contributed by atoms with Crippen molar-refractivity contribution in [2.24, 2.45) is 0 Å². The van der Waals surface area contributed by atoms with Gasteiger partial charge in [-0.1, -0.05) is 18.2 Å². The smallest absolute Gasteiger partial charge is 0.273 e. The third-order valence-electron chi connectivity index (χ3n) is 3.38. The fourth-order valence-corrected chi connectivity index (χ4v) is 5.42. The van der Waals surface area contributed by atoms with Crippen molar-refractivity contribution in [3.05, 3.63) is 46.8 Å². The molecule has 6 heteroatoms. The molecule has 0 saturated heterocycles. The van der Waals surface area contributed by atoms with E-state index >= 15 is 0 Å². The Hall–Kier alpha value is -1.37. The quantitative estimate of drug-likeness (QED) is 0.942. The van der Waals surface area contributed by atoms with Crippen LogP contribution in [0.2, 0.25) is 0 Å². The van der Waals surface area contributed by atoms with Crippen molar-refractivity contribution < 1.29 is 8.42 Å². The van der Waals surface area contributed by atoms with Crippen LogP contribution in [0.1, 0.15) is 10.4 Å². The Kier molecular flexibility index (Phi) is 3.54. The molecular weight excluding hydrogens is 292 g/mol. The maximum absolute atomic E-state index is 12.7. The van der Waals surface area contributed by atoms with Gasteiger partial charge in [-0.2, -0.15) is 0 Å². The minimum absolute atomic E-state index is 0.416. The molecule has 106 valence electrons. The van der Waals surface area contributed by atoms with E-state index in [9.17, 15) is 8.42 Å². The normalized spacial score (nSPS) is 14.6. The standard InChI is InChI=1S/C14H16N2O2S2/c1-15-10-12-6-7-14(19-12)20(17,18)16-9-8-11-4-2-3-5-13(11)16/h2-7,15H,8-10H2,1H3. The van der Waals surface area contributed by atoms with Gasteiger partial charge in [-0.15, -0.1) is 11.3 Å². The molecule has 0 radical (unpaired) electrons. The molecule has 0 unspecified atom stereocenters. The van der Waals surface area contributed by atoms with E-state index in [2.05, 4.69) is 5.32 Å². The summed E-state index contributed by atoms with van der Waals surface area (Å²) in [6.45, 7) is 1.22. The Labute approximate surface area is 123 Å². The number of anilines is 1. The average Bonchev–Trinajstić information content (AvgIpc) is 3.05. The van der Waals surface area contributed by atoms with Crippen LogP contribution in [0.15, 0.2) is 40.6 Å². The van der Waals surface area contributed by atoms with Crippen LogP contribution in [0, 0.1) is 0 Å². The Bertz CT molecular complexity index is 722. The van der Waals surface area contributed by atoms with Crippen molar-refractivity contribution in [1.29, 1.82) is 0 Å². The Morgan fingerprint density at radius 3 is 2.85 bits per heavy atom. The van der Waals surface area contributed by atoms with Gasteiger partial charge >= 0.3 is 0 Å². The first-order valence-electron chi connectivity index (χ1n) is 6.47. The molecule has 3 rings (SSSR count). The summed E-state index contributed by atoms with van der Waals surface area (Å²) in [6.07, 6.45) is 0.782.